The van der Waals surface area contributed by atoms with Crippen molar-refractivity contribution in [2.45, 2.75) is 32.7 Å². The predicted octanol–water partition coefficient (Wildman–Crippen LogP) is 4.04. The molecule has 2 N–H and O–H groups in total. The van der Waals surface area contributed by atoms with Crippen LogP contribution in [0.3, 0.4) is 0 Å². The SMILES string of the molecule is CCC(NC(=O)CCNC(=O)c1ccc(Cl)cc1)c1ccc(C)cc1. The summed E-state index contributed by atoms with van der Waals surface area (Å²) in [5.41, 5.74) is 2.80. The molecular formula is C20H23ClN2O2. The smallest absolute Gasteiger partial charge is 0.251 e. The number of nitrogens with one attached hydrogen (secondary N) is 2. The van der Waals surface area contributed by atoms with Gasteiger partial charge in [0.05, 0.1) is 6.04 Å². The van der Waals surface area contributed by atoms with Gasteiger partial charge in [-0.3, -0.25) is 9.59 Å². The van der Waals surface area contributed by atoms with E-state index < -0.39 is 0 Å². The molecule has 2 amide bonds. The third-order valence-electron chi connectivity index (χ3n) is 3.97. The van der Waals surface area contributed by atoms with Crippen molar-refractivity contribution in [1.82, 2.24) is 10.6 Å². The number of amides is 2. The van der Waals surface area contributed by atoms with Crippen LogP contribution in [-0.4, -0.2) is 18.4 Å². The van der Waals surface area contributed by atoms with Crippen LogP contribution in [0.4, 0.5) is 0 Å². The Labute approximate surface area is 153 Å². The highest BCUT2D eigenvalue weighted by Crippen LogP contribution is 2.17. The van der Waals surface area contributed by atoms with Crippen molar-refractivity contribution in [1.29, 1.82) is 0 Å². The van der Waals surface area contributed by atoms with Crippen LogP contribution in [0.25, 0.3) is 0 Å². The molecule has 0 bridgehead atoms. The van der Waals surface area contributed by atoms with Crippen molar-refractivity contribution in [3.8, 4) is 0 Å². The summed E-state index contributed by atoms with van der Waals surface area (Å²) in [5, 5.41) is 6.34. The Morgan fingerprint density at radius 1 is 1.04 bits per heavy atom. The van der Waals surface area contributed by atoms with Gasteiger partial charge in [0.15, 0.2) is 0 Å². The van der Waals surface area contributed by atoms with E-state index >= 15 is 0 Å². The van der Waals surface area contributed by atoms with Gasteiger partial charge in [-0.1, -0.05) is 48.4 Å². The summed E-state index contributed by atoms with van der Waals surface area (Å²) in [5.74, 6) is -0.293. The van der Waals surface area contributed by atoms with Crippen molar-refractivity contribution in [2.24, 2.45) is 0 Å². The molecular weight excluding hydrogens is 336 g/mol. The number of rotatable bonds is 7. The van der Waals surface area contributed by atoms with Gasteiger partial charge < -0.3 is 10.6 Å². The quantitative estimate of drug-likeness (QED) is 0.784. The van der Waals surface area contributed by atoms with Crippen LogP contribution in [0.15, 0.2) is 48.5 Å². The van der Waals surface area contributed by atoms with E-state index in [9.17, 15) is 9.59 Å². The second-order valence-electron chi connectivity index (χ2n) is 5.95. The number of halogens is 1. The molecule has 0 fully saturated rings. The topological polar surface area (TPSA) is 58.2 Å². The van der Waals surface area contributed by atoms with Gasteiger partial charge in [-0.05, 0) is 43.2 Å². The minimum absolute atomic E-state index is 0.0138. The molecule has 0 spiro atoms. The van der Waals surface area contributed by atoms with Crippen LogP contribution in [0, 0.1) is 6.92 Å². The molecule has 0 aliphatic heterocycles. The summed E-state index contributed by atoms with van der Waals surface area (Å²) in [6.07, 6.45) is 1.05. The highest BCUT2D eigenvalue weighted by molar-refractivity contribution is 6.30. The third kappa shape index (κ3) is 5.91. The molecule has 2 aromatic rings. The Morgan fingerprint density at radius 2 is 1.68 bits per heavy atom. The second kappa shape index (κ2) is 9.23. The minimum atomic E-state index is -0.213. The average molecular weight is 359 g/mol. The molecule has 0 aliphatic carbocycles. The summed E-state index contributed by atoms with van der Waals surface area (Å²) >= 11 is 5.80. The molecule has 5 heteroatoms. The summed E-state index contributed by atoms with van der Waals surface area (Å²) in [4.78, 5) is 24.1. The van der Waals surface area contributed by atoms with Gasteiger partial charge in [0.1, 0.15) is 0 Å². The summed E-state index contributed by atoms with van der Waals surface area (Å²) < 4.78 is 0. The second-order valence-corrected chi connectivity index (χ2v) is 6.39. The standard InChI is InChI=1S/C20H23ClN2O2/c1-3-18(15-6-4-14(2)5-7-15)23-19(24)12-13-22-20(25)16-8-10-17(21)11-9-16/h4-11,18H,3,12-13H2,1-2H3,(H,22,25)(H,23,24). The molecule has 132 valence electrons. The van der Waals surface area contributed by atoms with Crippen LogP contribution < -0.4 is 10.6 Å². The highest BCUT2D eigenvalue weighted by Gasteiger charge is 2.13. The first-order valence-electron chi connectivity index (χ1n) is 8.39. The molecule has 2 rings (SSSR count). The van der Waals surface area contributed by atoms with Crippen molar-refractivity contribution in [3.63, 3.8) is 0 Å². The van der Waals surface area contributed by atoms with Gasteiger partial charge in [-0.15, -0.1) is 0 Å². The largest absolute Gasteiger partial charge is 0.352 e. The Bertz CT molecular complexity index is 711. The van der Waals surface area contributed by atoms with Crippen LogP contribution >= 0.6 is 11.6 Å². The zero-order chi connectivity index (χ0) is 18.2. The predicted molar refractivity (Wildman–Crippen MR) is 101 cm³/mol. The van der Waals surface area contributed by atoms with E-state index in [2.05, 4.69) is 10.6 Å². The maximum atomic E-state index is 12.1. The summed E-state index contributed by atoms with van der Waals surface area (Å²) in [7, 11) is 0. The normalized spacial score (nSPS) is 11.6. The fraction of sp³-hybridized carbons (Fsp3) is 0.300. The van der Waals surface area contributed by atoms with E-state index in [1.807, 2.05) is 38.1 Å². The van der Waals surface area contributed by atoms with E-state index in [4.69, 9.17) is 11.6 Å². The highest BCUT2D eigenvalue weighted by atomic mass is 35.5. The maximum Gasteiger partial charge on any atom is 0.251 e. The van der Waals surface area contributed by atoms with Crippen molar-refractivity contribution in [3.05, 3.63) is 70.2 Å². The van der Waals surface area contributed by atoms with Crippen LogP contribution in [0.5, 0.6) is 0 Å². The van der Waals surface area contributed by atoms with Gasteiger partial charge in [-0.2, -0.15) is 0 Å². The van der Waals surface area contributed by atoms with Gasteiger partial charge in [0, 0.05) is 23.6 Å². The fourth-order valence-electron chi connectivity index (χ4n) is 2.48. The van der Waals surface area contributed by atoms with Gasteiger partial charge in [0.25, 0.3) is 5.91 Å². The lowest BCUT2D eigenvalue weighted by Gasteiger charge is -2.18. The molecule has 0 saturated carbocycles. The van der Waals surface area contributed by atoms with E-state index in [0.717, 1.165) is 12.0 Å². The first-order valence-corrected chi connectivity index (χ1v) is 8.77. The fourth-order valence-corrected chi connectivity index (χ4v) is 2.61. The van der Waals surface area contributed by atoms with Gasteiger partial charge >= 0.3 is 0 Å². The number of aryl methyl sites for hydroxylation is 1. The Hall–Kier alpha value is -2.33. The van der Waals surface area contributed by atoms with E-state index in [0.29, 0.717) is 10.6 Å². The van der Waals surface area contributed by atoms with E-state index in [1.54, 1.807) is 24.3 Å². The van der Waals surface area contributed by atoms with Crippen LogP contribution in [-0.2, 0) is 4.79 Å². The summed E-state index contributed by atoms with van der Waals surface area (Å²) in [6.45, 7) is 4.36. The lowest BCUT2D eigenvalue weighted by atomic mass is 10.0. The number of hydrogen-bond donors (Lipinski definition) is 2. The molecule has 2 aromatic carbocycles. The molecule has 0 aromatic heterocycles. The minimum Gasteiger partial charge on any atom is -0.352 e. The first kappa shape index (κ1) is 19.0. The maximum absolute atomic E-state index is 12.1. The number of carbonyl (C=O) groups excluding carboxylic acids is 2. The molecule has 0 heterocycles. The van der Waals surface area contributed by atoms with Crippen molar-refractivity contribution >= 4 is 23.4 Å². The lowest BCUT2D eigenvalue weighted by Crippen LogP contribution is -2.32. The number of carbonyl (C=O) groups is 2. The van der Waals surface area contributed by atoms with Crippen LogP contribution in [0.1, 0.15) is 47.3 Å². The Balaban J connectivity index is 1.80. The zero-order valence-corrected chi connectivity index (χ0v) is 15.3. The Morgan fingerprint density at radius 3 is 2.28 bits per heavy atom. The molecule has 0 radical (unpaired) electrons. The van der Waals surface area contributed by atoms with Crippen molar-refractivity contribution in [2.75, 3.05) is 6.54 Å². The van der Waals surface area contributed by atoms with E-state index in [1.165, 1.54) is 5.56 Å². The Kier molecular flexibility index (Phi) is 7.02. The lowest BCUT2D eigenvalue weighted by molar-refractivity contribution is -0.121. The first-order chi connectivity index (χ1) is 12.0. The average Bonchev–Trinajstić information content (AvgIpc) is 2.61. The summed E-state index contributed by atoms with van der Waals surface area (Å²) in [6, 6.07) is 14.8. The molecule has 4 nitrogen and oxygen atoms in total. The van der Waals surface area contributed by atoms with E-state index in [-0.39, 0.29) is 30.8 Å². The van der Waals surface area contributed by atoms with Crippen LogP contribution in [0.2, 0.25) is 5.02 Å². The molecule has 0 saturated heterocycles. The molecule has 1 atom stereocenters. The molecule has 0 aliphatic rings. The monoisotopic (exact) mass is 358 g/mol. The molecule has 25 heavy (non-hydrogen) atoms. The van der Waals surface area contributed by atoms with Crippen molar-refractivity contribution < 1.29 is 9.59 Å². The van der Waals surface area contributed by atoms with Gasteiger partial charge in [0.2, 0.25) is 5.91 Å². The van der Waals surface area contributed by atoms with Gasteiger partial charge in [-0.25, -0.2) is 0 Å². The third-order valence-corrected chi connectivity index (χ3v) is 4.22. The molecule has 1 unspecified atom stereocenters. The zero-order valence-electron chi connectivity index (χ0n) is 14.5. The number of hydrogen-bond acceptors (Lipinski definition) is 2. The number of benzene rings is 2.